The van der Waals surface area contributed by atoms with Crippen LogP contribution in [0.2, 0.25) is 0 Å². The van der Waals surface area contributed by atoms with Gasteiger partial charge in [0, 0.05) is 18.3 Å². The number of hydrogen-bond donors (Lipinski definition) is 1. The maximum Gasteiger partial charge on any atom is 0.410 e. The monoisotopic (exact) mass is 331 g/mol. The summed E-state index contributed by atoms with van der Waals surface area (Å²) in [6.45, 7) is 6.59. The lowest BCUT2D eigenvalue weighted by Gasteiger charge is -2.26. The van der Waals surface area contributed by atoms with Crippen LogP contribution in [0.3, 0.4) is 0 Å². The van der Waals surface area contributed by atoms with Gasteiger partial charge < -0.3 is 14.7 Å². The van der Waals surface area contributed by atoms with Gasteiger partial charge in [-0.1, -0.05) is 30.3 Å². The van der Waals surface area contributed by atoms with Crippen LogP contribution < -0.4 is 0 Å². The van der Waals surface area contributed by atoms with E-state index in [2.05, 4.69) is 5.10 Å². The fourth-order valence-corrected chi connectivity index (χ4v) is 2.25. The van der Waals surface area contributed by atoms with E-state index in [1.165, 1.54) is 4.90 Å². The first kappa shape index (κ1) is 18.0. The number of aliphatic hydroxyl groups is 1. The largest absolute Gasteiger partial charge is 0.444 e. The molecule has 0 aliphatic rings. The molecular weight excluding hydrogens is 306 g/mol. The van der Waals surface area contributed by atoms with E-state index in [1.807, 2.05) is 62.0 Å². The minimum absolute atomic E-state index is 0.114. The Kier molecular flexibility index (Phi) is 5.98. The highest BCUT2D eigenvalue weighted by molar-refractivity contribution is 5.68. The summed E-state index contributed by atoms with van der Waals surface area (Å²) in [6, 6.07) is 10.0. The highest BCUT2D eigenvalue weighted by Gasteiger charge is 2.22. The van der Waals surface area contributed by atoms with Crippen LogP contribution in [0.5, 0.6) is 0 Å². The van der Waals surface area contributed by atoms with Gasteiger partial charge in [-0.05, 0) is 26.3 Å². The van der Waals surface area contributed by atoms with Gasteiger partial charge in [-0.15, -0.1) is 0 Å². The molecule has 0 radical (unpaired) electrons. The van der Waals surface area contributed by atoms with E-state index in [4.69, 9.17) is 4.74 Å². The number of amides is 1. The summed E-state index contributed by atoms with van der Waals surface area (Å²) in [5, 5.41) is 13.5. The third-order valence-electron chi connectivity index (χ3n) is 3.27. The number of carbonyl (C=O) groups excluding carboxylic acids is 1. The number of nitrogens with zero attached hydrogens (tertiary/aromatic N) is 3. The molecule has 0 unspecified atom stereocenters. The van der Waals surface area contributed by atoms with Crippen molar-refractivity contribution in [2.45, 2.75) is 39.5 Å². The SMILES string of the molecule is CC(C)(C)OC(=O)N(CCO)Cc1cnn(Cc2ccccc2)c1. The van der Waals surface area contributed by atoms with Crippen LogP contribution in [0.25, 0.3) is 0 Å². The second-order valence-electron chi connectivity index (χ2n) is 6.66. The maximum absolute atomic E-state index is 12.2. The molecule has 6 nitrogen and oxygen atoms in total. The van der Waals surface area contributed by atoms with Crippen molar-refractivity contribution < 1.29 is 14.6 Å². The zero-order chi connectivity index (χ0) is 17.6. The Bertz CT molecular complexity index is 647. The minimum Gasteiger partial charge on any atom is -0.444 e. The molecule has 0 spiro atoms. The molecule has 2 aromatic rings. The Morgan fingerprint density at radius 2 is 1.96 bits per heavy atom. The molecule has 6 heteroatoms. The van der Waals surface area contributed by atoms with Crippen LogP contribution in [0, 0.1) is 0 Å². The maximum atomic E-state index is 12.2. The third kappa shape index (κ3) is 5.70. The van der Waals surface area contributed by atoms with Gasteiger partial charge in [-0.3, -0.25) is 4.68 Å². The lowest BCUT2D eigenvalue weighted by molar-refractivity contribution is 0.0201. The second kappa shape index (κ2) is 7.97. The standard InChI is InChI=1S/C18H25N3O3/c1-18(2,3)24-17(23)20(9-10-22)12-16-11-19-21(14-16)13-15-7-5-4-6-8-15/h4-8,11,14,22H,9-10,12-13H2,1-3H3. The molecule has 0 aliphatic carbocycles. The van der Waals surface area contributed by atoms with Crippen molar-refractivity contribution in [3.63, 3.8) is 0 Å². The smallest absolute Gasteiger partial charge is 0.410 e. The van der Waals surface area contributed by atoms with Gasteiger partial charge in [-0.25, -0.2) is 4.79 Å². The molecule has 0 aliphatic heterocycles. The molecule has 1 aromatic carbocycles. The van der Waals surface area contributed by atoms with Crippen LogP contribution >= 0.6 is 0 Å². The van der Waals surface area contributed by atoms with E-state index in [-0.39, 0.29) is 13.2 Å². The first-order valence-electron chi connectivity index (χ1n) is 8.01. The van der Waals surface area contributed by atoms with E-state index in [9.17, 15) is 9.90 Å². The second-order valence-corrected chi connectivity index (χ2v) is 6.66. The molecule has 2 rings (SSSR count). The summed E-state index contributed by atoms with van der Waals surface area (Å²) in [5.74, 6) is 0. The van der Waals surface area contributed by atoms with Gasteiger partial charge in [0.2, 0.25) is 0 Å². The van der Waals surface area contributed by atoms with E-state index in [0.29, 0.717) is 13.1 Å². The van der Waals surface area contributed by atoms with Crippen LogP contribution in [0.4, 0.5) is 4.79 Å². The van der Waals surface area contributed by atoms with E-state index in [0.717, 1.165) is 11.1 Å². The predicted octanol–water partition coefficient (Wildman–Crippen LogP) is 2.66. The molecule has 0 fully saturated rings. The van der Waals surface area contributed by atoms with Gasteiger partial charge in [-0.2, -0.15) is 5.10 Å². The Morgan fingerprint density at radius 3 is 2.58 bits per heavy atom. The number of aromatic nitrogens is 2. The van der Waals surface area contributed by atoms with Crippen LogP contribution in [0.1, 0.15) is 31.9 Å². The Labute approximate surface area is 142 Å². The number of rotatable bonds is 6. The van der Waals surface area contributed by atoms with E-state index < -0.39 is 11.7 Å². The first-order chi connectivity index (χ1) is 11.4. The van der Waals surface area contributed by atoms with Crippen molar-refractivity contribution in [3.8, 4) is 0 Å². The summed E-state index contributed by atoms with van der Waals surface area (Å²) in [6.07, 6.45) is 3.20. The van der Waals surface area contributed by atoms with Gasteiger partial charge >= 0.3 is 6.09 Å². The van der Waals surface area contributed by atoms with Crippen LogP contribution in [-0.2, 0) is 17.8 Å². The molecule has 1 N–H and O–H groups in total. The lowest BCUT2D eigenvalue weighted by atomic mass is 10.2. The highest BCUT2D eigenvalue weighted by atomic mass is 16.6. The molecule has 0 bridgehead atoms. The number of ether oxygens (including phenoxy) is 1. The van der Waals surface area contributed by atoms with Crippen molar-refractivity contribution in [2.24, 2.45) is 0 Å². The van der Waals surface area contributed by atoms with Gasteiger partial charge in [0.25, 0.3) is 0 Å². The summed E-state index contributed by atoms with van der Waals surface area (Å²) >= 11 is 0. The van der Waals surface area contributed by atoms with Crippen LogP contribution in [-0.4, -0.2) is 44.6 Å². The quantitative estimate of drug-likeness (QED) is 0.883. The number of carbonyl (C=O) groups is 1. The van der Waals surface area contributed by atoms with Gasteiger partial charge in [0.1, 0.15) is 5.60 Å². The molecular formula is C18H25N3O3. The third-order valence-corrected chi connectivity index (χ3v) is 3.27. The summed E-state index contributed by atoms with van der Waals surface area (Å²) in [4.78, 5) is 13.7. The summed E-state index contributed by atoms with van der Waals surface area (Å²) in [7, 11) is 0. The Balaban J connectivity index is 2.01. The fourth-order valence-electron chi connectivity index (χ4n) is 2.25. The minimum atomic E-state index is -0.567. The number of aliphatic hydroxyl groups excluding tert-OH is 1. The fraction of sp³-hybridized carbons (Fsp3) is 0.444. The predicted molar refractivity (Wildman–Crippen MR) is 91.5 cm³/mol. The molecule has 1 amide bonds. The first-order valence-corrected chi connectivity index (χ1v) is 8.01. The van der Waals surface area contributed by atoms with Crippen molar-refractivity contribution in [2.75, 3.05) is 13.2 Å². The summed E-state index contributed by atoms with van der Waals surface area (Å²) < 4.78 is 7.21. The molecule has 0 saturated carbocycles. The molecule has 24 heavy (non-hydrogen) atoms. The van der Waals surface area contributed by atoms with E-state index >= 15 is 0 Å². The lowest BCUT2D eigenvalue weighted by Crippen LogP contribution is -2.38. The number of benzene rings is 1. The van der Waals surface area contributed by atoms with Crippen molar-refractivity contribution >= 4 is 6.09 Å². The number of hydrogen-bond acceptors (Lipinski definition) is 4. The average Bonchev–Trinajstić information content (AvgIpc) is 2.93. The van der Waals surface area contributed by atoms with Gasteiger partial charge in [0.05, 0.1) is 25.9 Å². The highest BCUT2D eigenvalue weighted by Crippen LogP contribution is 2.13. The van der Waals surface area contributed by atoms with Crippen LogP contribution in [0.15, 0.2) is 42.7 Å². The zero-order valence-electron chi connectivity index (χ0n) is 14.5. The van der Waals surface area contributed by atoms with E-state index in [1.54, 1.807) is 6.20 Å². The molecule has 0 atom stereocenters. The zero-order valence-corrected chi connectivity index (χ0v) is 14.5. The summed E-state index contributed by atoms with van der Waals surface area (Å²) in [5.41, 5.74) is 1.49. The molecule has 130 valence electrons. The molecule has 1 aromatic heterocycles. The molecule has 1 heterocycles. The van der Waals surface area contributed by atoms with Gasteiger partial charge in [0.15, 0.2) is 0 Å². The average molecular weight is 331 g/mol. The van der Waals surface area contributed by atoms with Crippen molar-refractivity contribution in [1.82, 2.24) is 14.7 Å². The normalized spacial score (nSPS) is 11.3. The Morgan fingerprint density at radius 1 is 1.25 bits per heavy atom. The topological polar surface area (TPSA) is 67.6 Å². The Hall–Kier alpha value is -2.34. The molecule has 0 saturated heterocycles. The van der Waals surface area contributed by atoms with Crippen molar-refractivity contribution in [3.05, 3.63) is 53.9 Å². The van der Waals surface area contributed by atoms with Crippen molar-refractivity contribution in [1.29, 1.82) is 0 Å².